The van der Waals surface area contributed by atoms with Gasteiger partial charge in [-0.1, -0.05) is 76.1 Å². The van der Waals surface area contributed by atoms with Crippen LogP contribution in [0.5, 0.6) is 0 Å². The number of amides is 3. The average Bonchev–Trinajstić information content (AvgIpc) is 3.16. The van der Waals surface area contributed by atoms with E-state index in [0.29, 0.717) is 12.6 Å². The Labute approximate surface area is 188 Å². The van der Waals surface area contributed by atoms with Crippen molar-refractivity contribution < 1.29 is 9.59 Å². The van der Waals surface area contributed by atoms with Crippen molar-refractivity contribution in [2.45, 2.75) is 76.4 Å². The summed E-state index contributed by atoms with van der Waals surface area (Å²) in [4.78, 5) is 23.7. The normalized spacial score (nSPS) is 15.0. The zero-order valence-electron chi connectivity index (χ0n) is 18.9. The molecule has 1 aromatic carbocycles. The summed E-state index contributed by atoms with van der Waals surface area (Å²) >= 11 is 1.33. The Balaban J connectivity index is 1.82. The first-order valence-electron chi connectivity index (χ1n) is 11.1. The van der Waals surface area contributed by atoms with Gasteiger partial charge in [0.25, 0.3) is 0 Å². The van der Waals surface area contributed by atoms with Crippen molar-refractivity contribution in [3.05, 3.63) is 29.8 Å². The first-order valence-corrected chi connectivity index (χ1v) is 12.0. The molecule has 2 N–H and O–H groups in total. The topological polar surface area (TPSA) is 88.9 Å². The minimum atomic E-state index is -0.471. The molecule has 2 aromatic rings. The van der Waals surface area contributed by atoms with Crippen LogP contribution in [0, 0.1) is 0 Å². The van der Waals surface area contributed by atoms with Gasteiger partial charge in [-0.2, -0.15) is 0 Å². The lowest BCUT2D eigenvalue weighted by Crippen LogP contribution is -2.40. The maximum absolute atomic E-state index is 12.1. The quantitative estimate of drug-likeness (QED) is 0.633. The summed E-state index contributed by atoms with van der Waals surface area (Å²) in [6, 6.07) is 8.39. The van der Waals surface area contributed by atoms with Gasteiger partial charge in [-0.25, -0.2) is 4.79 Å². The number of rotatable bonds is 6. The van der Waals surface area contributed by atoms with Gasteiger partial charge in [-0.15, -0.1) is 10.2 Å². The van der Waals surface area contributed by atoms with Crippen LogP contribution in [-0.4, -0.2) is 39.0 Å². The van der Waals surface area contributed by atoms with E-state index in [1.807, 2.05) is 0 Å². The minimum Gasteiger partial charge on any atom is -0.338 e. The van der Waals surface area contributed by atoms with Crippen molar-refractivity contribution in [2.24, 2.45) is 0 Å². The highest BCUT2D eigenvalue weighted by molar-refractivity contribution is 7.99. The lowest BCUT2D eigenvalue weighted by molar-refractivity contribution is -0.117. The van der Waals surface area contributed by atoms with Crippen molar-refractivity contribution in [1.82, 2.24) is 25.4 Å². The van der Waals surface area contributed by atoms with Crippen molar-refractivity contribution in [3.8, 4) is 11.4 Å². The molecular weight excluding hydrogens is 410 g/mol. The summed E-state index contributed by atoms with van der Waals surface area (Å²) < 4.78 is 2.20. The Morgan fingerprint density at radius 1 is 1.10 bits per heavy atom. The molecule has 0 bridgehead atoms. The molecule has 1 aromatic heterocycles. The van der Waals surface area contributed by atoms with E-state index in [1.165, 1.54) is 36.6 Å². The van der Waals surface area contributed by atoms with Crippen LogP contribution in [-0.2, 0) is 10.2 Å². The van der Waals surface area contributed by atoms with Gasteiger partial charge in [0.05, 0.1) is 5.75 Å². The van der Waals surface area contributed by atoms with Gasteiger partial charge >= 0.3 is 6.03 Å². The molecule has 1 aliphatic rings. The number of benzene rings is 1. The van der Waals surface area contributed by atoms with Crippen LogP contribution in [0.2, 0.25) is 0 Å². The molecule has 1 heterocycles. The zero-order chi connectivity index (χ0) is 22.4. The summed E-state index contributed by atoms with van der Waals surface area (Å²) in [5.41, 5.74) is 2.40. The third-order valence-corrected chi connectivity index (χ3v) is 6.48. The molecule has 168 valence electrons. The predicted molar refractivity (Wildman–Crippen MR) is 124 cm³/mol. The number of imide groups is 1. The fraction of sp³-hybridized carbons (Fsp3) is 0.565. The van der Waals surface area contributed by atoms with E-state index in [-0.39, 0.29) is 17.1 Å². The van der Waals surface area contributed by atoms with E-state index in [2.05, 4.69) is 70.4 Å². The molecule has 0 unspecified atom stereocenters. The van der Waals surface area contributed by atoms with Gasteiger partial charge in [0.1, 0.15) is 0 Å². The van der Waals surface area contributed by atoms with Gasteiger partial charge in [0.15, 0.2) is 11.0 Å². The van der Waals surface area contributed by atoms with Crippen LogP contribution in [0.4, 0.5) is 4.79 Å². The second-order valence-corrected chi connectivity index (χ2v) is 9.93. The lowest BCUT2D eigenvalue weighted by Gasteiger charge is -2.26. The number of carbonyl (C=O) groups excluding carboxylic acids is 2. The highest BCUT2D eigenvalue weighted by atomic mass is 32.2. The Morgan fingerprint density at radius 2 is 1.77 bits per heavy atom. The summed E-state index contributed by atoms with van der Waals surface area (Å²) in [6.07, 6.45) is 5.80. The number of thioether (sulfide) groups is 1. The van der Waals surface area contributed by atoms with Gasteiger partial charge in [0.2, 0.25) is 5.91 Å². The molecule has 3 amide bonds. The summed E-state index contributed by atoms with van der Waals surface area (Å²) in [5.74, 6) is 0.620. The average molecular weight is 444 g/mol. The summed E-state index contributed by atoms with van der Waals surface area (Å²) in [6.45, 7) is 8.88. The van der Waals surface area contributed by atoms with Crippen LogP contribution in [0.25, 0.3) is 11.4 Å². The van der Waals surface area contributed by atoms with Crippen LogP contribution in [0.15, 0.2) is 29.4 Å². The third-order valence-electron chi connectivity index (χ3n) is 5.54. The Kier molecular flexibility index (Phi) is 7.75. The van der Waals surface area contributed by atoms with E-state index < -0.39 is 6.03 Å². The van der Waals surface area contributed by atoms with Crippen molar-refractivity contribution in [1.29, 1.82) is 0 Å². The molecule has 0 atom stereocenters. The largest absolute Gasteiger partial charge is 0.338 e. The minimum absolute atomic E-state index is 0.0913. The van der Waals surface area contributed by atoms with E-state index >= 15 is 0 Å². The second-order valence-electron chi connectivity index (χ2n) is 8.99. The maximum atomic E-state index is 12.1. The molecule has 31 heavy (non-hydrogen) atoms. The van der Waals surface area contributed by atoms with E-state index in [9.17, 15) is 9.59 Å². The van der Waals surface area contributed by atoms with E-state index in [4.69, 9.17) is 0 Å². The molecule has 1 aliphatic carbocycles. The maximum Gasteiger partial charge on any atom is 0.321 e. The monoisotopic (exact) mass is 443 g/mol. The molecule has 0 radical (unpaired) electrons. The lowest BCUT2D eigenvalue weighted by atomic mass is 9.86. The number of aromatic nitrogens is 3. The molecule has 1 fully saturated rings. The van der Waals surface area contributed by atoms with Crippen molar-refractivity contribution in [2.75, 3.05) is 12.3 Å². The number of hydrogen-bond acceptors (Lipinski definition) is 5. The summed E-state index contributed by atoms with van der Waals surface area (Å²) in [5, 5.41) is 14.6. The number of nitrogens with zero attached hydrogens (tertiary/aromatic N) is 3. The molecule has 7 nitrogen and oxygen atoms in total. The van der Waals surface area contributed by atoms with Crippen LogP contribution < -0.4 is 10.6 Å². The number of carbonyl (C=O) groups is 2. The third kappa shape index (κ3) is 6.09. The molecule has 1 saturated carbocycles. The fourth-order valence-corrected chi connectivity index (χ4v) is 4.66. The highest BCUT2D eigenvalue weighted by Crippen LogP contribution is 2.36. The molecular formula is C23H33N5O2S. The molecule has 0 saturated heterocycles. The molecule has 0 aliphatic heterocycles. The Morgan fingerprint density at radius 3 is 2.39 bits per heavy atom. The van der Waals surface area contributed by atoms with Crippen molar-refractivity contribution >= 4 is 23.7 Å². The summed E-state index contributed by atoms with van der Waals surface area (Å²) in [7, 11) is 0. The molecule has 3 rings (SSSR count). The van der Waals surface area contributed by atoms with Crippen molar-refractivity contribution in [3.63, 3.8) is 0 Å². The standard InChI is InChI=1S/C23H33N5O2S/c1-5-24-21(30)25-19(29)15-31-22-27-26-20(28(22)18-9-7-6-8-10-18)16-11-13-17(14-12-16)23(2,3)4/h11-14,18H,5-10,15H2,1-4H3,(H2,24,25,29,30). The number of nitrogens with one attached hydrogen (secondary N) is 2. The fourth-order valence-electron chi connectivity index (χ4n) is 3.86. The number of urea groups is 1. The highest BCUT2D eigenvalue weighted by Gasteiger charge is 2.25. The van der Waals surface area contributed by atoms with Crippen LogP contribution in [0.1, 0.15) is 71.4 Å². The van der Waals surface area contributed by atoms with E-state index in [0.717, 1.165) is 29.4 Å². The zero-order valence-corrected chi connectivity index (χ0v) is 19.7. The molecule has 0 spiro atoms. The van der Waals surface area contributed by atoms with Gasteiger partial charge in [-0.3, -0.25) is 14.7 Å². The smallest absolute Gasteiger partial charge is 0.321 e. The number of hydrogen-bond donors (Lipinski definition) is 2. The Hall–Kier alpha value is -2.35. The SMILES string of the molecule is CCNC(=O)NC(=O)CSc1nnc(-c2ccc(C(C)(C)C)cc2)n1C1CCCCC1. The van der Waals surface area contributed by atoms with Crippen LogP contribution in [0.3, 0.4) is 0 Å². The second kappa shape index (κ2) is 10.3. The van der Waals surface area contributed by atoms with E-state index in [1.54, 1.807) is 6.92 Å². The first-order chi connectivity index (χ1) is 14.8. The predicted octanol–water partition coefficient (Wildman–Crippen LogP) is 4.69. The first kappa shape index (κ1) is 23.3. The van der Waals surface area contributed by atoms with Crippen LogP contribution >= 0.6 is 11.8 Å². The van der Waals surface area contributed by atoms with Gasteiger partial charge < -0.3 is 5.32 Å². The Bertz CT molecular complexity index is 896. The molecule has 8 heteroatoms. The van der Waals surface area contributed by atoms with Gasteiger partial charge in [-0.05, 0) is 30.7 Å². The van der Waals surface area contributed by atoms with Gasteiger partial charge in [0, 0.05) is 18.2 Å².